The summed E-state index contributed by atoms with van der Waals surface area (Å²) < 4.78 is 1.64. The second-order valence-electron chi connectivity index (χ2n) is 4.81. The number of aromatic nitrogens is 2. The van der Waals surface area contributed by atoms with Gasteiger partial charge in [-0.05, 0) is 23.8 Å². The summed E-state index contributed by atoms with van der Waals surface area (Å²) in [5.74, 6) is 0.643. The molecule has 4 rings (SSSR count). The zero-order valence-corrected chi connectivity index (χ0v) is 10.6. The van der Waals surface area contributed by atoms with Crippen LogP contribution < -0.4 is 11.1 Å². The standard InChI is InChI=1S/C15H12N4O/c16-10-6-4-9(5-7-10)11-2-1-3-12-14(11)18-15-17-8-13(20)19(12)15/h1-7H,8,16H2,(H,17,18). The molecule has 0 amide bonds. The van der Waals surface area contributed by atoms with Gasteiger partial charge in [0.2, 0.25) is 5.95 Å². The molecule has 0 fully saturated rings. The van der Waals surface area contributed by atoms with Gasteiger partial charge in [0.05, 0.1) is 17.6 Å². The Bertz CT molecular complexity index is 833. The fraction of sp³-hybridized carbons (Fsp3) is 0.0667. The van der Waals surface area contributed by atoms with Crippen LogP contribution >= 0.6 is 0 Å². The Morgan fingerprint density at radius 2 is 1.95 bits per heavy atom. The number of nitrogens with zero attached hydrogens (tertiary/aromatic N) is 2. The number of rotatable bonds is 1. The number of para-hydroxylation sites is 1. The Hall–Kier alpha value is -2.82. The summed E-state index contributed by atoms with van der Waals surface area (Å²) >= 11 is 0. The maximum absolute atomic E-state index is 11.9. The molecule has 0 aliphatic carbocycles. The van der Waals surface area contributed by atoms with Crippen LogP contribution in [0.25, 0.3) is 22.2 Å². The molecule has 3 aromatic rings. The van der Waals surface area contributed by atoms with Crippen molar-refractivity contribution < 1.29 is 4.79 Å². The second kappa shape index (κ2) is 3.84. The average Bonchev–Trinajstić information content (AvgIpc) is 3.00. The molecule has 0 radical (unpaired) electrons. The number of fused-ring (bicyclic) bond motifs is 3. The zero-order chi connectivity index (χ0) is 13.7. The lowest BCUT2D eigenvalue weighted by atomic mass is 10.0. The topological polar surface area (TPSA) is 72.9 Å². The van der Waals surface area contributed by atoms with Crippen LogP contribution in [0.3, 0.4) is 0 Å². The number of anilines is 2. The van der Waals surface area contributed by atoms with E-state index >= 15 is 0 Å². The van der Waals surface area contributed by atoms with Crippen LogP contribution in [0.1, 0.15) is 4.79 Å². The summed E-state index contributed by atoms with van der Waals surface area (Å²) in [6, 6.07) is 13.5. The molecule has 0 saturated carbocycles. The van der Waals surface area contributed by atoms with Gasteiger partial charge in [-0.25, -0.2) is 9.55 Å². The van der Waals surface area contributed by atoms with Gasteiger partial charge in [0.15, 0.2) is 0 Å². The number of benzene rings is 2. The lowest BCUT2D eigenvalue weighted by Crippen LogP contribution is -2.08. The van der Waals surface area contributed by atoms with Crippen molar-refractivity contribution in [2.45, 2.75) is 0 Å². The number of nitrogens with one attached hydrogen (secondary N) is 1. The largest absolute Gasteiger partial charge is 0.399 e. The monoisotopic (exact) mass is 264 g/mol. The summed E-state index contributed by atoms with van der Waals surface area (Å²) in [4.78, 5) is 16.4. The first kappa shape index (κ1) is 11.0. The Balaban J connectivity index is 2.00. The number of carbonyl (C=O) groups excluding carboxylic acids is 1. The van der Waals surface area contributed by atoms with E-state index < -0.39 is 0 Å². The fourth-order valence-electron chi connectivity index (χ4n) is 2.60. The molecular weight excluding hydrogens is 252 g/mol. The van der Waals surface area contributed by atoms with Gasteiger partial charge in [-0.1, -0.05) is 24.3 Å². The maximum Gasteiger partial charge on any atom is 0.253 e. The molecule has 5 heteroatoms. The molecule has 5 nitrogen and oxygen atoms in total. The van der Waals surface area contributed by atoms with Crippen LogP contribution in [0.2, 0.25) is 0 Å². The van der Waals surface area contributed by atoms with Crippen molar-refractivity contribution in [3.8, 4) is 11.1 Å². The van der Waals surface area contributed by atoms with E-state index in [9.17, 15) is 4.79 Å². The van der Waals surface area contributed by atoms with E-state index in [1.165, 1.54) is 0 Å². The van der Waals surface area contributed by atoms with E-state index in [0.29, 0.717) is 12.5 Å². The van der Waals surface area contributed by atoms with Crippen molar-refractivity contribution >= 4 is 28.6 Å². The fourth-order valence-corrected chi connectivity index (χ4v) is 2.60. The van der Waals surface area contributed by atoms with Crippen molar-refractivity contribution in [1.82, 2.24) is 9.55 Å². The zero-order valence-electron chi connectivity index (χ0n) is 10.6. The molecule has 98 valence electrons. The predicted octanol–water partition coefficient (Wildman–Crippen LogP) is 2.35. The molecule has 0 unspecified atom stereocenters. The Morgan fingerprint density at radius 3 is 2.75 bits per heavy atom. The van der Waals surface area contributed by atoms with Crippen molar-refractivity contribution in [3.63, 3.8) is 0 Å². The Morgan fingerprint density at radius 1 is 1.15 bits per heavy atom. The van der Waals surface area contributed by atoms with Gasteiger partial charge in [-0.2, -0.15) is 0 Å². The van der Waals surface area contributed by atoms with Crippen molar-refractivity contribution in [1.29, 1.82) is 0 Å². The minimum absolute atomic E-state index is 0.0250. The highest BCUT2D eigenvalue weighted by atomic mass is 16.2. The number of hydrogen-bond acceptors (Lipinski definition) is 4. The number of nitrogens with two attached hydrogens (primary N) is 1. The van der Waals surface area contributed by atoms with Gasteiger partial charge in [-0.15, -0.1) is 0 Å². The molecular formula is C15H12N4O. The lowest BCUT2D eigenvalue weighted by Gasteiger charge is -2.04. The van der Waals surface area contributed by atoms with Gasteiger partial charge >= 0.3 is 0 Å². The number of imidazole rings is 1. The van der Waals surface area contributed by atoms with Crippen LogP contribution in [0.5, 0.6) is 0 Å². The Labute approximate surface area is 115 Å². The molecule has 2 aromatic carbocycles. The van der Waals surface area contributed by atoms with E-state index in [4.69, 9.17) is 5.73 Å². The lowest BCUT2D eigenvalue weighted by molar-refractivity contribution is 0.0948. The predicted molar refractivity (Wildman–Crippen MR) is 78.7 cm³/mol. The van der Waals surface area contributed by atoms with Crippen LogP contribution in [0.15, 0.2) is 42.5 Å². The first-order chi connectivity index (χ1) is 9.74. The van der Waals surface area contributed by atoms with Crippen LogP contribution in [0, 0.1) is 0 Å². The summed E-state index contributed by atoms with van der Waals surface area (Å²) in [7, 11) is 0. The van der Waals surface area contributed by atoms with Crippen molar-refractivity contribution in [2.75, 3.05) is 17.6 Å². The highest BCUT2D eigenvalue weighted by Gasteiger charge is 2.24. The molecule has 3 N–H and O–H groups in total. The highest BCUT2D eigenvalue weighted by molar-refractivity contribution is 6.03. The first-order valence-corrected chi connectivity index (χ1v) is 6.38. The molecule has 0 spiro atoms. The smallest absolute Gasteiger partial charge is 0.253 e. The highest BCUT2D eigenvalue weighted by Crippen LogP contribution is 2.31. The van der Waals surface area contributed by atoms with Crippen LogP contribution in [-0.2, 0) is 0 Å². The maximum atomic E-state index is 11.9. The molecule has 1 aromatic heterocycles. The van der Waals surface area contributed by atoms with Gasteiger partial charge in [0.1, 0.15) is 0 Å². The van der Waals surface area contributed by atoms with Crippen molar-refractivity contribution in [3.05, 3.63) is 42.5 Å². The molecule has 0 bridgehead atoms. The molecule has 1 aliphatic heterocycles. The normalized spacial score (nSPS) is 13.5. The summed E-state index contributed by atoms with van der Waals surface area (Å²) in [5, 5.41) is 3.01. The summed E-state index contributed by atoms with van der Waals surface area (Å²) in [6.07, 6.45) is 0. The average molecular weight is 264 g/mol. The van der Waals surface area contributed by atoms with Gasteiger partial charge < -0.3 is 11.1 Å². The number of hydrogen-bond donors (Lipinski definition) is 2. The third-order valence-electron chi connectivity index (χ3n) is 3.55. The number of nitrogen functional groups attached to an aromatic ring is 1. The van der Waals surface area contributed by atoms with E-state index in [0.717, 1.165) is 27.8 Å². The minimum Gasteiger partial charge on any atom is -0.399 e. The third kappa shape index (κ3) is 1.43. The molecule has 20 heavy (non-hydrogen) atoms. The second-order valence-corrected chi connectivity index (χ2v) is 4.81. The van der Waals surface area contributed by atoms with Crippen LogP contribution in [0.4, 0.5) is 11.6 Å². The Kier molecular flexibility index (Phi) is 2.12. The molecule has 0 atom stereocenters. The minimum atomic E-state index is 0.0250. The molecule has 2 heterocycles. The van der Waals surface area contributed by atoms with Crippen LogP contribution in [-0.4, -0.2) is 22.0 Å². The van der Waals surface area contributed by atoms with E-state index in [2.05, 4.69) is 10.3 Å². The summed E-state index contributed by atoms with van der Waals surface area (Å²) in [6.45, 7) is 0.310. The van der Waals surface area contributed by atoms with Crippen molar-refractivity contribution in [2.24, 2.45) is 0 Å². The SMILES string of the molecule is Nc1ccc(-c2cccc3c2nc2n3C(=O)CN2)cc1. The van der Waals surface area contributed by atoms with Gasteiger partial charge in [-0.3, -0.25) is 4.79 Å². The third-order valence-corrected chi connectivity index (χ3v) is 3.55. The number of carbonyl (C=O) groups is 1. The van der Waals surface area contributed by atoms with E-state index in [1.54, 1.807) is 4.57 Å². The quantitative estimate of drug-likeness (QED) is 0.662. The van der Waals surface area contributed by atoms with E-state index in [1.807, 2.05) is 42.5 Å². The molecule has 1 aliphatic rings. The summed E-state index contributed by atoms with van der Waals surface area (Å²) in [5.41, 5.74) is 10.1. The van der Waals surface area contributed by atoms with Gasteiger partial charge in [0.25, 0.3) is 5.91 Å². The van der Waals surface area contributed by atoms with Gasteiger partial charge in [0, 0.05) is 11.3 Å². The van der Waals surface area contributed by atoms with E-state index in [-0.39, 0.29) is 5.91 Å². The first-order valence-electron chi connectivity index (χ1n) is 6.38. The molecule has 0 saturated heterocycles.